The number of halogens is 1. The Hall–Kier alpha value is -1.62. The molecule has 0 heterocycles. The van der Waals surface area contributed by atoms with E-state index >= 15 is 0 Å². The summed E-state index contributed by atoms with van der Waals surface area (Å²) >= 11 is 0. The highest BCUT2D eigenvalue weighted by Gasteiger charge is 2.10. The molecule has 0 fully saturated rings. The van der Waals surface area contributed by atoms with E-state index in [1.165, 1.54) is 13.0 Å². The van der Waals surface area contributed by atoms with Gasteiger partial charge in [0, 0.05) is 37.7 Å². The molecular formula is C12H17FN2O2. The number of amides is 1. The van der Waals surface area contributed by atoms with Crippen LogP contribution in [-0.4, -0.2) is 24.1 Å². The van der Waals surface area contributed by atoms with E-state index in [2.05, 4.69) is 10.6 Å². The Bertz CT molecular complexity index is 396. The average molecular weight is 240 g/mol. The van der Waals surface area contributed by atoms with E-state index in [0.29, 0.717) is 18.7 Å². The molecule has 0 aliphatic rings. The van der Waals surface area contributed by atoms with Crippen LogP contribution in [0.25, 0.3) is 0 Å². The molecular weight excluding hydrogens is 223 g/mol. The molecule has 1 unspecified atom stereocenters. The zero-order valence-corrected chi connectivity index (χ0v) is 9.96. The van der Waals surface area contributed by atoms with Crippen LogP contribution in [0, 0.1) is 5.82 Å². The molecule has 1 rings (SSSR count). The summed E-state index contributed by atoms with van der Waals surface area (Å²) in [5, 5.41) is 15.3. The normalized spacial score (nSPS) is 12.2. The first-order valence-electron chi connectivity index (χ1n) is 5.47. The number of phenols is 1. The van der Waals surface area contributed by atoms with E-state index in [-0.39, 0.29) is 17.7 Å². The maximum absolute atomic E-state index is 12.8. The first-order valence-corrected chi connectivity index (χ1v) is 5.47. The van der Waals surface area contributed by atoms with Crippen LogP contribution in [0.2, 0.25) is 0 Å². The standard InChI is InChI=1S/C12H17FN2O2/c1-8(14-5-6-15-9(2)16)11-4-3-10(13)7-12(11)17/h3-4,7-8,14,17H,5-6H2,1-2H3,(H,15,16). The Morgan fingerprint density at radius 1 is 1.47 bits per heavy atom. The summed E-state index contributed by atoms with van der Waals surface area (Å²) in [6.45, 7) is 4.41. The Morgan fingerprint density at radius 3 is 2.76 bits per heavy atom. The van der Waals surface area contributed by atoms with Gasteiger partial charge in [0.1, 0.15) is 11.6 Å². The third-order valence-electron chi connectivity index (χ3n) is 2.41. The number of rotatable bonds is 5. The van der Waals surface area contributed by atoms with Gasteiger partial charge in [-0.3, -0.25) is 4.79 Å². The van der Waals surface area contributed by atoms with Crippen molar-refractivity contribution in [3.63, 3.8) is 0 Å². The molecule has 0 saturated heterocycles. The molecule has 0 aliphatic heterocycles. The van der Waals surface area contributed by atoms with Crippen LogP contribution in [0.4, 0.5) is 4.39 Å². The van der Waals surface area contributed by atoms with Crippen molar-refractivity contribution in [1.82, 2.24) is 10.6 Å². The summed E-state index contributed by atoms with van der Waals surface area (Å²) in [6, 6.07) is 3.83. The molecule has 0 aliphatic carbocycles. The molecule has 5 heteroatoms. The zero-order chi connectivity index (χ0) is 12.8. The molecule has 4 nitrogen and oxygen atoms in total. The third-order valence-corrected chi connectivity index (χ3v) is 2.41. The van der Waals surface area contributed by atoms with Gasteiger partial charge >= 0.3 is 0 Å². The van der Waals surface area contributed by atoms with Crippen LogP contribution in [0.3, 0.4) is 0 Å². The lowest BCUT2D eigenvalue weighted by atomic mass is 10.1. The summed E-state index contributed by atoms with van der Waals surface area (Å²) in [5.41, 5.74) is 0.634. The van der Waals surface area contributed by atoms with Crippen molar-refractivity contribution in [1.29, 1.82) is 0 Å². The molecule has 0 radical (unpaired) electrons. The SMILES string of the molecule is CC(=O)NCCNC(C)c1ccc(F)cc1O. The molecule has 0 bridgehead atoms. The molecule has 1 aromatic carbocycles. The Labute approximate surface area is 99.8 Å². The van der Waals surface area contributed by atoms with Crippen molar-refractivity contribution >= 4 is 5.91 Å². The molecule has 1 aromatic rings. The van der Waals surface area contributed by atoms with Gasteiger partial charge in [-0.2, -0.15) is 0 Å². The maximum atomic E-state index is 12.8. The van der Waals surface area contributed by atoms with Crippen LogP contribution in [0.5, 0.6) is 5.75 Å². The summed E-state index contributed by atoms with van der Waals surface area (Å²) in [4.78, 5) is 10.6. The van der Waals surface area contributed by atoms with Gasteiger partial charge in [-0.25, -0.2) is 4.39 Å². The highest BCUT2D eigenvalue weighted by atomic mass is 19.1. The smallest absolute Gasteiger partial charge is 0.216 e. The van der Waals surface area contributed by atoms with E-state index in [4.69, 9.17) is 0 Å². The molecule has 0 aromatic heterocycles. The van der Waals surface area contributed by atoms with Gasteiger partial charge in [0.2, 0.25) is 5.91 Å². The van der Waals surface area contributed by atoms with Crippen LogP contribution in [0.15, 0.2) is 18.2 Å². The van der Waals surface area contributed by atoms with Crippen LogP contribution in [0.1, 0.15) is 25.5 Å². The largest absolute Gasteiger partial charge is 0.508 e. The second-order valence-corrected chi connectivity index (χ2v) is 3.86. The van der Waals surface area contributed by atoms with Gasteiger partial charge in [0.05, 0.1) is 0 Å². The Balaban J connectivity index is 2.46. The Morgan fingerprint density at radius 2 is 2.18 bits per heavy atom. The van der Waals surface area contributed by atoms with Crippen molar-refractivity contribution in [2.24, 2.45) is 0 Å². The van der Waals surface area contributed by atoms with E-state index in [1.807, 2.05) is 6.92 Å². The third kappa shape index (κ3) is 4.40. The number of aromatic hydroxyl groups is 1. The number of hydrogen-bond donors (Lipinski definition) is 3. The number of benzene rings is 1. The van der Waals surface area contributed by atoms with Gasteiger partial charge in [0.25, 0.3) is 0 Å². The fourth-order valence-corrected chi connectivity index (χ4v) is 1.52. The van der Waals surface area contributed by atoms with E-state index in [9.17, 15) is 14.3 Å². The van der Waals surface area contributed by atoms with E-state index in [0.717, 1.165) is 6.07 Å². The van der Waals surface area contributed by atoms with Gasteiger partial charge < -0.3 is 15.7 Å². The average Bonchev–Trinajstić information content (AvgIpc) is 2.23. The molecule has 94 valence electrons. The zero-order valence-electron chi connectivity index (χ0n) is 9.96. The number of hydrogen-bond acceptors (Lipinski definition) is 3. The maximum Gasteiger partial charge on any atom is 0.216 e. The topological polar surface area (TPSA) is 61.4 Å². The summed E-state index contributed by atoms with van der Waals surface area (Å²) in [7, 11) is 0. The van der Waals surface area contributed by atoms with Gasteiger partial charge in [-0.15, -0.1) is 0 Å². The van der Waals surface area contributed by atoms with Crippen molar-refractivity contribution in [3.05, 3.63) is 29.6 Å². The molecule has 0 spiro atoms. The fraction of sp³-hybridized carbons (Fsp3) is 0.417. The van der Waals surface area contributed by atoms with Crippen molar-refractivity contribution in [3.8, 4) is 5.75 Å². The van der Waals surface area contributed by atoms with Gasteiger partial charge in [0.15, 0.2) is 0 Å². The molecule has 17 heavy (non-hydrogen) atoms. The van der Waals surface area contributed by atoms with Crippen molar-refractivity contribution < 1.29 is 14.3 Å². The lowest BCUT2D eigenvalue weighted by Gasteiger charge is -2.15. The second kappa shape index (κ2) is 6.20. The van der Waals surface area contributed by atoms with E-state index < -0.39 is 5.82 Å². The number of carbonyl (C=O) groups excluding carboxylic acids is 1. The Kier molecular flexibility index (Phi) is 4.90. The van der Waals surface area contributed by atoms with Crippen LogP contribution in [-0.2, 0) is 4.79 Å². The minimum atomic E-state index is -0.461. The lowest BCUT2D eigenvalue weighted by molar-refractivity contribution is -0.118. The first kappa shape index (κ1) is 13.4. The van der Waals surface area contributed by atoms with Crippen LogP contribution >= 0.6 is 0 Å². The van der Waals surface area contributed by atoms with Gasteiger partial charge in [-0.05, 0) is 13.0 Å². The number of nitrogens with one attached hydrogen (secondary N) is 2. The molecule has 0 saturated carbocycles. The predicted molar refractivity (Wildman–Crippen MR) is 63.2 cm³/mol. The lowest BCUT2D eigenvalue weighted by Crippen LogP contribution is -2.31. The molecule has 1 atom stereocenters. The number of carbonyl (C=O) groups is 1. The number of phenolic OH excluding ortho intramolecular Hbond substituents is 1. The minimum Gasteiger partial charge on any atom is -0.508 e. The first-order chi connectivity index (χ1) is 8.00. The summed E-state index contributed by atoms with van der Waals surface area (Å²) < 4.78 is 12.8. The van der Waals surface area contributed by atoms with Gasteiger partial charge in [-0.1, -0.05) is 6.07 Å². The predicted octanol–water partition coefficient (Wildman–Crippen LogP) is 1.32. The fourth-order valence-electron chi connectivity index (χ4n) is 1.52. The summed E-state index contributed by atoms with van der Waals surface area (Å²) in [6.07, 6.45) is 0. The van der Waals surface area contributed by atoms with E-state index in [1.54, 1.807) is 6.07 Å². The van der Waals surface area contributed by atoms with Crippen molar-refractivity contribution in [2.75, 3.05) is 13.1 Å². The second-order valence-electron chi connectivity index (χ2n) is 3.86. The molecule has 1 amide bonds. The highest BCUT2D eigenvalue weighted by Crippen LogP contribution is 2.24. The monoisotopic (exact) mass is 240 g/mol. The minimum absolute atomic E-state index is 0.0653. The van der Waals surface area contributed by atoms with Crippen molar-refractivity contribution in [2.45, 2.75) is 19.9 Å². The van der Waals surface area contributed by atoms with Crippen LogP contribution < -0.4 is 10.6 Å². The quantitative estimate of drug-likeness (QED) is 0.680. The highest BCUT2D eigenvalue weighted by molar-refractivity contribution is 5.72. The summed E-state index contributed by atoms with van der Waals surface area (Å²) in [5.74, 6) is -0.606. The molecule has 3 N–H and O–H groups in total.